The lowest BCUT2D eigenvalue weighted by atomic mass is 10.1. The van der Waals surface area contributed by atoms with E-state index in [0.717, 1.165) is 17.2 Å². The average molecular weight is 396 g/mol. The molecule has 0 amide bonds. The maximum atomic E-state index is 13.5. The highest BCUT2D eigenvalue weighted by atomic mass is 32.2. The molecule has 0 saturated carbocycles. The van der Waals surface area contributed by atoms with Gasteiger partial charge in [-0.2, -0.15) is 0 Å². The third-order valence-corrected chi connectivity index (χ3v) is 6.40. The van der Waals surface area contributed by atoms with Gasteiger partial charge in [0.15, 0.2) is 0 Å². The van der Waals surface area contributed by atoms with Gasteiger partial charge in [0.25, 0.3) is 15.7 Å². The molecule has 7 heteroatoms. The summed E-state index contributed by atoms with van der Waals surface area (Å²) < 4.78 is 28.3. The normalized spacial score (nSPS) is 12.4. The van der Waals surface area contributed by atoms with Crippen LogP contribution in [0, 0.1) is 17.0 Å². The summed E-state index contributed by atoms with van der Waals surface area (Å²) in [5.74, 6) is 0. The van der Waals surface area contributed by atoms with Crippen LogP contribution in [0.5, 0.6) is 0 Å². The van der Waals surface area contributed by atoms with Crippen LogP contribution in [-0.4, -0.2) is 13.3 Å². The minimum Gasteiger partial charge on any atom is -0.259 e. The van der Waals surface area contributed by atoms with Crippen LogP contribution in [-0.2, 0) is 10.0 Å². The first-order valence-electron chi connectivity index (χ1n) is 8.71. The molecule has 3 aromatic rings. The van der Waals surface area contributed by atoms with Crippen LogP contribution in [0.25, 0.3) is 0 Å². The van der Waals surface area contributed by atoms with Crippen molar-refractivity contribution >= 4 is 21.4 Å². The molecular formula is C21H20N2O4S. The maximum absolute atomic E-state index is 13.5. The van der Waals surface area contributed by atoms with E-state index in [1.165, 1.54) is 22.5 Å². The molecule has 0 N–H and O–H groups in total. The van der Waals surface area contributed by atoms with Crippen LogP contribution < -0.4 is 4.31 Å². The summed E-state index contributed by atoms with van der Waals surface area (Å²) in [6.45, 7) is 3.72. The van der Waals surface area contributed by atoms with Crippen molar-refractivity contribution in [1.29, 1.82) is 0 Å². The fraction of sp³-hybridized carbons (Fsp3) is 0.143. The minimum absolute atomic E-state index is 0.120. The van der Waals surface area contributed by atoms with Gasteiger partial charge in [0.1, 0.15) is 0 Å². The molecule has 3 rings (SSSR count). The van der Waals surface area contributed by atoms with Crippen LogP contribution in [0.3, 0.4) is 0 Å². The van der Waals surface area contributed by atoms with E-state index in [2.05, 4.69) is 0 Å². The molecule has 144 valence electrons. The summed E-state index contributed by atoms with van der Waals surface area (Å²) in [5, 5.41) is 11.1. The Hall–Kier alpha value is -3.19. The first-order chi connectivity index (χ1) is 13.3. The highest BCUT2D eigenvalue weighted by Crippen LogP contribution is 2.34. The van der Waals surface area contributed by atoms with Crippen molar-refractivity contribution in [2.24, 2.45) is 0 Å². The van der Waals surface area contributed by atoms with Gasteiger partial charge in [0.2, 0.25) is 0 Å². The molecule has 0 aliphatic rings. The van der Waals surface area contributed by atoms with Gasteiger partial charge in [-0.1, -0.05) is 54.1 Å². The van der Waals surface area contributed by atoms with Crippen molar-refractivity contribution in [2.45, 2.75) is 24.8 Å². The standard InChI is InChI=1S/C21H20N2O4S/c1-16-11-13-19(14-12-16)22(17(2)18-7-4-3-5-8-18)28(26,27)21-10-6-9-20(15-21)23(24)25/h3-15,17H,1-2H3. The van der Waals surface area contributed by atoms with Gasteiger partial charge in [-0.3, -0.25) is 14.4 Å². The summed E-state index contributed by atoms with van der Waals surface area (Å²) in [5.41, 5.74) is 2.05. The van der Waals surface area contributed by atoms with Crippen molar-refractivity contribution in [1.82, 2.24) is 0 Å². The topological polar surface area (TPSA) is 80.5 Å². The van der Waals surface area contributed by atoms with E-state index in [-0.39, 0.29) is 10.6 Å². The number of sulfonamides is 1. The highest BCUT2D eigenvalue weighted by molar-refractivity contribution is 7.92. The molecule has 28 heavy (non-hydrogen) atoms. The molecule has 0 fully saturated rings. The van der Waals surface area contributed by atoms with Gasteiger partial charge in [-0.15, -0.1) is 0 Å². The lowest BCUT2D eigenvalue weighted by molar-refractivity contribution is -0.385. The van der Waals surface area contributed by atoms with Gasteiger partial charge in [0.05, 0.1) is 21.5 Å². The number of nitrogens with zero attached hydrogens (tertiary/aromatic N) is 2. The summed E-state index contributed by atoms with van der Waals surface area (Å²) in [6.07, 6.45) is 0. The number of hydrogen-bond donors (Lipinski definition) is 0. The van der Waals surface area contributed by atoms with E-state index in [1.54, 1.807) is 19.1 Å². The van der Waals surface area contributed by atoms with Crippen LogP contribution >= 0.6 is 0 Å². The first kappa shape index (κ1) is 19.6. The Balaban J connectivity index is 2.16. The molecule has 0 aliphatic carbocycles. The predicted molar refractivity (Wildman–Crippen MR) is 109 cm³/mol. The second-order valence-corrected chi connectivity index (χ2v) is 8.29. The Morgan fingerprint density at radius 1 is 0.929 bits per heavy atom. The zero-order chi connectivity index (χ0) is 20.3. The summed E-state index contributed by atoms with van der Waals surface area (Å²) in [7, 11) is -4.04. The molecule has 1 unspecified atom stereocenters. The maximum Gasteiger partial charge on any atom is 0.270 e. The van der Waals surface area contributed by atoms with E-state index in [0.29, 0.717) is 5.69 Å². The fourth-order valence-electron chi connectivity index (χ4n) is 3.00. The van der Waals surface area contributed by atoms with Gasteiger partial charge < -0.3 is 0 Å². The van der Waals surface area contributed by atoms with Crippen LogP contribution in [0.4, 0.5) is 11.4 Å². The third-order valence-electron chi connectivity index (χ3n) is 4.51. The monoisotopic (exact) mass is 396 g/mol. The number of non-ortho nitro benzene ring substituents is 1. The van der Waals surface area contributed by atoms with E-state index in [9.17, 15) is 18.5 Å². The Morgan fingerprint density at radius 2 is 1.57 bits per heavy atom. The molecule has 3 aromatic carbocycles. The van der Waals surface area contributed by atoms with Crippen molar-refractivity contribution in [2.75, 3.05) is 4.31 Å². The summed E-state index contributed by atoms with van der Waals surface area (Å²) >= 11 is 0. The Kier molecular flexibility index (Phi) is 5.46. The van der Waals surface area contributed by atoms with Crippen molar-refractivity contribution in [3.05, 3.63) is 100 Å². The second-order valence-electron chi connectivity index (χ2n) is 6.48. The van der Waals surface area contributed by atoms with Crippen LogP contribution in [0.1, 0.15) is 24.1 Å². The summed E-state index contributed by atoms with van der Waals surface area (Å²) in [4.78, 5) is 10.4. The van der Waals surface area contributed by atoms with Gasteiger partial charge in [-0.05, 0) is 37.6 Å². The van der Waals surface area contributed by atoms with Gasteiger partial charge >= 0.3 is 0 Å². The second kappa shape index (κ2) is 7.82. The number of rotatable bonds is 6. The van der Waals surface area contributed by atoms with Crippen LogP contribution in [0.2, 0.25) is 0 Å². The average Bonchev–Trinajstić information content (AvgIpc) is 2.70. The molecule has 6 nitrogen and oxygen atoms in total. The largest absolute Gasteiger partial charge is 0.270 e. The fourth-order valence-corrected chi connectivity index (χ4v) is 4.68. The Morgan fingerprint density at radius 3 is 2.18 bits per heavy atom. The SMILES string of the molecule is Cc1ccc(N(C(C)c2ccccc2)S(=O)(=O)c2cccc([N+](=O)[O-])c2)cc1. The van der Waals surface area contributed by atoms with Crippen molar-refractivity contribution in [3.63, 3.8) is 0 Å². The molecule has 0 aromatic heterocycles. The van der Waals surface area contributed by atoms with E-state index in [4.69, 9.17) is 0 Å². The Labute approximate surface area is 164 Å². The van der Waals surface area contributed by atoms with Crippen LogP contribution in [0.15, 0.2) is 83.8 Å². The number of aryl methyl sites for hydroxylation is 1. The number of nitro benzene ring substituents is 1. The molecule has 0 bridgehead atoms. The zero-order valence-electron chi connectivity index (χ0n) is 15.5. The lowest BCUT2D eigenvalue weighted by Gasteiger charge is -2.31. The Bertz CT molecular complexity index is 1080. The number of hydrogen-bond acceptors (Lipinski definition) is 4. The molecular weight excluding hydrogens is 376 g/mol. The van der Waals surface area contributed by atoms with Crippen molar-refractivity contribution < 1.29 is 13.3 Å². The summed E-state index contributed by atoms with van der Waals surface area (Å²) in [6, 6.07) is 21.0. The molecule has 0 spiro atoms. The van der Waals surface area contributed by atoms with Gasteiger partial charge in [0, 0.05) is 12.1 Å². The van der Waals surface area contributed by atoms with Gasteiger partial charge in [-0.25, -0.2) is 8.42 Å². The minimum atomic E-state index is -4.04. The third kappa shape index (κ3) is 3.89. The molecule has 1 atom stereocenters. The first-order valence-corrected chi connectivity index (χ1v) is 10.2. The van der Waals surface area contributed by atoms with Crippen molar-refractivity contribution in [3.8, 4) is 0 Å². The van der Waals surface area contributed by atoms with E-state index >= 15 is 0 Å². The number of benzene rings is 3. The highest BCUT2D eigenvalue weighted by Gasteiger charge is 2.31. The smallest absolute Gasteiger partial charge is 0.259 e. The predicted octanol–water partition coefficient (Wildman–Crippen LogP) is 4.86. The van der Waals surface area contributed by atoms with E-state index < -0.39 is 21.0 Å². The number of anilines is 1. The molecule has 0 saturated heterocycles. The quantitative estimate of drug-likeness (QED) is 0.440. The number of nitro groups is 1. The molecule has 0 heterocycles. The van der Waals surface area contributed by atoms with E-state index in [1.807, 2.05) is 49.4 Å². The molecule has 0 radical (unpaired) electrons. The zero-order valence-corrected chi connectivity index (χ0v) is 16.3. The lowest BCUT2D eigenvalue weighted by Crippen LogP contribution is -2.33. The molecule has 0 aliphatic heterocycles.